The summed E-state index contributed by atoms with van der Waals surface area (Å²) in [5.41, 5.74) is 2.21. The zero-order chi connectivity index (χ0) is 17.0. The molecule has 0 unspecified atom stereocenters. The van der Waals surface area contributed by atoms with E-state index < -0.39 is 11.8 Å². The van der Waals surface area contributed by atoms with Crippen molar-refractivity contribution < 1.29 is 18.7 Å². The number of rotatable bonds is 4. The second-order valence-electron chi connectivity index (χ2n) is 5.19. The third kappa shape index (κ3) is 3.72. The van der Waals surface area contributed by atoms with Gasteiger partial charge in [0.15, 0.2) is 11.6 Å². The van der Waals surface area contributed by atoms with E-state index in [0.29, 0.717) is 22.3 Å². The van der Waals surface area contributed by atoms with E-state index in [2.05, 4.69) is 5.92 Å². The van der Waals surface area contributed by atoms with Gasteiger partial charge in [0.2, 0.25) is 0 Å². The zero-order valence-electron chi connectivity index (χ0n) is 13.3. The van der Waals surface area contributed by atoms with Crippen LogP contribution >= 0.6 is 0 Å². The van der Waals surface area contributed by atoms with Crippen LogP contribution in [0.15, 0.2) is 30.3 Å². The van der Waals surface area contributed by atoms with Gasteiger partial charge in [-0.15, -0.1) is 6.42 Å². The standard InChI is InChI=1S/C18H16BFO3/c1-4-9-22-14-7-5-13(6-8-14)18(21)23-17-15(19)11(2)10-12(3)16(17)20/h1,5-8,10H,9,19H2,2-3H3. The van der Waals surface area contributed by atoms with E-state index >= 15 is 0 Å². The highest BCUT2D eigenvalue weighted by Gasteiger charge is 2.17. The van der Waals surface area contributed by atoms with Crippen molar-refractivity contribution in [3.05, 3.63) is 52.8 Å². The average Bonchev–Trinajstić information content (AvgIpc) is 2.55. The SMILES string of the molecule is Bc1c(C)cc(C)c(F)c1OC(=O)c1ccc(OCC#C)cc1. The monoisotopic (exact) mass is 310 g/mol. The van der Waals surface area contributed by atoms with Crippen LogP contribution in [0.4, 0.5) is 4.39 Å². The van der Waals surface area contributed by atoms with Gasteiger partial charge in [-0.2, -0.15) is 0 Å². The molecule has 0 amide bonds. The number of esters is 1. The molecule has 0 fully saturated rings. The number of aryl methyl sites for hydroxylation is 2. The maximum absolute atomic E-state index is 14.2. The Morgan fingerprint density at radius 3 is 2.52 bits per heavy atom. The summed E-state index contributed by atoms with van der Waals surface area (Å²) in [6.07, 6.45) is 5.11. The van der Waals surface area contributed by atoms with Crippen molar-refractivity contribution in [1.82, 2.24) is 0 Å². The van der Waals surface area contributed by atoms with E-state index in [1.165, 1.54) is 0 Å². The Hall–Kier alpha value is -2.74. The fourth-order valence-electron chi connectivity index (χ4n) is 2.10. The summed E-state index contributed by atoms with van der Waals surface area (Å²) in [7, 11) is 1.72. The molecule has 2 aromatic rings. The van der Waals surface area contributed by atoms with Gasteiger partial charge in [0, 0.05) is 0 Å². The molecule has 5 heteroatoms. The lowest BCUT2D eigenvalue weighted by Crippen LogP contribution is -2.20. The summed E-state index contributed by atoms with van der Waals surface area (Å²) < 4.78 is 24.7. The van der Waals surface area contributed by atoms with Crippen LogP contribution in [0.2, 0.25) is 0 Å². The summed E-state index contributed by atoms with van der Waals surface area (Å²) >= 11 is 0. The van der Waals surface area contributed by atoms with Gasteiger partial charge in [-0.1, -0.05) is 17.6 Å². The first-order valence-corrected chi connectivity index (χ1v) is 7.09. The molecular formula is C18H16BFO3. The van der Waals surface area contributed by atoms with Crippen LogP contribution in [0.5, 0.6) is 11.5 Å². The molecule has 0 saturated carbocycles. The second-order valence-corrected chi connectivity index (χ2v) is 5.19. The lowest BCUT2D eigenvalue weighted by molar-refractivity contribution is 0.0729. The molecule has 116 valence electrons. The molecule has 3 nitrogen and oxygen atoms in total. The van der Waals surface area contributed by atoms with Crippen molar-refractivity contribution in [3.8, 4) is 23.8 Å². The average molecular weight is 310 g/mol. The number of hydrogen-bond donors (Lipinski definition) is 0. The summed E-state index contributed by atoms with van der Waals surface area (Å²) in [6, 6.07) is 8.03. The van der Waals surface area contributed by atoms with Crippen molar-refractivity contribution in [2.45, 2.75) is 13.8 Å². The Balaban J connectivity index is 2.21. The highest BCUT2D eigenvalue weighted by atomic mass is 19.1. The maximum atomic E-state index is 14.2. The van der Waals surface area contributed by atoms with Crippen LogP contribution in [0.1, 0.15) is 21.5 Å². The summed E-state index contributed by atoms with van der Waals surface area (Å²) in [5.74, 6) is 1.73. The van der Waals surface area contributed by atoms with Gasteiger partial charge in [0.1, 0.15) is 20.2 Å². The zero-order valence-corrected chi connectivity index (χ0v) is 13.3. The fourth-order valence-corrected chi connectivity index (χ4v) is 2.10. The molecule has 23 heavy (non-hydrogen) atoms. The molecule has 0 radical (unpaired) electrons. The van der Waals surface area contributed by atoms with Gasteiger partial charge in [-0.05, 0) is 49.1 Å². The molecule has 0 spiro atoms. The van der Waals surface area contributed by atoms with Gasteiger partial charge in [0.05, 0.1) is 5.56 Å². The predicted molar refractivity (Wildman–Crippen MR) is 89.8 cm³/mol. The Kier molecular flexibility index (Phi) is 5.07. The van der Waals surface area contributed by atoms with Crippen LogP contribution in [0, 0.1) is 32.0 Å². The fraction of sp³-hybridized carbons (Fsp3) is 0.167. The summed E-state index contributed by atoms with van der Waals surface area (Å²) in [6.45, 7) is 3.63. The number of halogens is 1. The molecule has 0 heterocycles. The van der Waals surface area contributed by atoms with Gasteiger partial charge < -0.3 is 9.47 Å². The summed E-state index contributed by atoms with van der Waals surface area (Å²) in [5, 5.41) is 0. The molecule has 0 bridgehead atoms. The number of ether oxygens (including phenoxy) is 2. The minimum absolute atomic E-state index is 0.0276. The van der Waals surface area contributed by atoms with Gasteiger partial charge in [-0.25, -0.2) is 9.18 Å². The number of hydrogen-bond acceptors (Lipinski definition) is 3. The maximum Gasteiger partial charge on any atom is 0.343 e. The number of benzene rings is 2. The molecule has 0 aliphatic carbocycles. The van der Waals surface area contributed by atoms with Gasteiger partial charge >= 0.3 is 5.97 Å². The molecule has 0 aliphatic heterocycles. The number of terminal acetylenes is 1. The van der Waals surface area contributed by atoms with E-state index in [1.54, 1.807) is 45.1 Å². The summed E-state index contributed by atoms with van der Waals surface area (Å²) in [4.78, 5) is 12.2. The normalized spacial score (nSPS) is 10.0. The molecule has 0 aromatic heterocycles. The minimum atomic E-state index is -0.625. The number of carbonyl (C=O) groups excluding carboxylic acids is 1. The predicted octanol–water partition coefficient (Wildman–Crippen LogP) is 1.93. The molecule has 0 saturated heterocycles. The second kappa shape index (κ2) is 7.02. The lowest BCUT2D eigenvalue weighted by atomic mass is 9.88. The molecule has 0 atom stereocenters. The van der Waals surface area contributed by atoms with Crippen molar-refractivity contribution in [3.63, 3.8) is 0 Å². The van der Waals surface area contributed by atoms with Crippen LogP contribution in [-0.4, -0.2) is 20.4 Å². The Bertz CT molecular complexity index is 750. The van der Waals surface area contributed by atoms with Crippen molar-refractivity contribution in [2.75, 3.05) is 6.61 Å². The molecule has 0 aliphatic rings. The van der Waals surface area contributed by atoms with Gasteiger partial charge in [-0.3, -0.25) is 0 Å². The Labute approximate surface area is 135 Å². The van der Waals surface area contributed by atoms with Crippen molar-refractivity contribution in [2.24, 2.45) is 0 Å². The first-order valence-electron chi connectivity index (χ1n) is 7.09. The third-order valence-corrected chi connectivity index (χ3v) is 3.52. The highest BCUT2D eigenvalue weighted by molar-refractivity contribution is 6.35. The van der Waals surface area contributed by atoms with Crippen molar-refractivity contribution >= 4 is 19.3 Å². The van der Waals surface area contributed by atoms with E-state index in [1.807, 2.05) is 6.92 Å². The molecule has 2 rings (SSSR count). The van der Waals surface area contributed by atoms with Crippen LogP contribution in [-0.2, 0) is 0 Å². The Morgan fingerprint density at radius 1 is 1.26 bits per heavy atom. The minimum Gasteiger partial charge on any atom is -0.481 e. The lowest BCUT2D eigenvalue weighted by Gasteiger charge is -2.13. The van der Waals surface area contributed by atoms with Crippen molar-refractivity contribution in [1.29, 1.82) is 0 Å². The topological polar surface area (TPSA) is 35.5 Å². The van der Waals surface area contributed by atoms with Crippen LogP contribution in [0.3, 0.4) is 0 Å². The quantitative estimate of drug-likeness (QED) is 0.375. The van der Waals surface area contributed by atoms with Crippen LogP contribution in [0.25, 0.3) is 0 Å². The Morgan fingerprint density at radius 2 is 1.91 bits per heavy atom. The molecule has 0 N–H and O–H groups in total. The highest BCUT2D eigenvalue weighted by Crippen LogP contribution is 2.21. The smallest absolute Gasteiger partial charge is 0.343 e. The first kappa shape index (κ1) is 16.6. The van der Waals surface area contributed by atoms with E-state index in [-0.39, 0.29) is 12.4 Å². The van der Waals surface area contributed by atoms with E-state index in [0.717, 1.165) is 5.56 Å². The van der Waals surface area contributed by atoms with E-state index in [9.17, 15) is 9.18 Å². The first-order chi connectivity index (χ1) is 10.9. The van der Waals surface area contributed by atoms with Crippen LogP contribution < -0.4 is 14.9 Å². The largest absolute Gasteiger partial charge is 0.481 e. The third-order valence-electron chi connectivity index (χ3n) is 3.52. The molecule has 2 aromatic carbocycles. The number of carbonyl (C=O) groups is 1. The van der Waals surface area contributed by atoms with Gasteiger partial charge in [0.25, 0.3) is 0 Å². The van der Waals surface area contributed by atoms with E-state index in [4.69, 9.17) is 15.9 Å². The molecular weight excluding hydrogens is 294 g/mol.